The molecule has 0 radical (unpaired) electrons. The number of nitrogens with zero attached hydrogens (tertiary/aromatic N) is 2. The quantitative estimate of drug-likeness (QED) is 0.560. The van der Waals surface area contributed by atoms with Gasteiger partial charge in [0.15, 0.2) is 0 Å². The molecule has 0 N–H and O–H groups in total. The number of aliphatic imine (C=N–C) groups is 2. The standard InChI is InChI=1S/C10H12N2/c1-7(2)8-5-10-9(12-6-8)3-4-11-10/h3-7,9H,1-2H3. The summed E-state index contributed by atoms with van der Waals surface area (Å²) in [6, 6.07) is 0.201. The molecule has 0 saturated carbocycles. The molecule has 1 atom stereocenters. The number of hydrogen-bond donors (Lipinski definition) is 0. The highest BCUT2D eigenvalue weighted by molar-refractivity contribution is 6.09. The lowest BCUT2D eigenvalue weighted by Crippen LogP contribution is -2.17. The highest BCUT2D eigenvalue weighted by Crippen LogP contribution is 2.17. The van der Waals surface area contributed by atoms with Gasteiger partial charge in [-0.3, -0.25) is 9.98 Å². The minimum Gasteiger partial charge on any atom is -0.279 e. The van der Waals surface area contributed by atoms with Crippen LogP contribution in [0.3, 0.4) is 0 Å². The fourth-order valence-corrected chi connectivity index (χ4v) is 1.32. The third kappa shape index (κ3) is 1.13. The molecular formula is C10H12N2. The van der Waals surface area contributed by atoms with Crippen LogP contribution >= 0.6 is 0 Å². The average molecular weight is 160 g/mol. The van der Waals surface area contributed by atoms with Crippen LogP contribution in [-0.2, 0) is 0 Å². The highest BCUT2D eigenvalue weighted by Gasteiger charge is 2.17. The second kappa shape index (κ2) is 2.70. The van der Waals surface area contributed by atoms with Crippen molar-refractivity contribution in [1.82, 2.24) is 0 Å². The fraction of sp³-hybridized carbons (Fsp3) is 0.400. The molecule has 1 unspecified atom stereocenters. The first-order chi connectivity index (χ1) is 5.77. The topological polar surface area (TPSA) is 24.7 Å². The summed E-state index contributed by atoms with van der Waals surface area (Å²) in [6.07, 6.45) is 7.95. The van der Waals surface area contributed by atoms with E-state index >= 15 is 0 Å². The molecular weight excluding hydrogens is 148 g/mol. The van der Waals surface area contributed by atoms with E-state index in [0.29, 0.717) is 5.92 Å². The Morgan fingerprint density at radius 2 is 2.25 bits per heavy atom. The molecule has 2 aliphatic heterocycles. The van der Waals surface area contributed by atoms with Gasteiger partial charge in [-0.25, -0.2) is 0 Å². The molecule has 2 heteroatoms. The number of allylic oxidation sites excluding steroid dienone is 1. The fourth-order valence-electron chi connectivity index (χ4n) is 1.32. The smallest absolute Gasteiger partial charge is 0.112 e. The lowest BCUT2D eigenvalue weighted by Gasteiger charge is -2.13. The molecule has 2 rings (SSSR count). The minimum absolute atomic E-state index is 0.201. The maximum Gasteiger partial charge on any atom is 0.112 e. The van der Waals surface area contributed by atoms with E-state index in [9.17, 15) is 0 Å². The summed E-state index contributed by atoms with van der Waals surface area (Å²) in [7, 11) is 0. The van der Waals surface area contributed by atoms with Crippen LogP contribution in [0.4, 0.5) is 0 Å². The minimum atomic E-state index is 0.201. The van der Waals surface area contributed by atoms with Crippen LogP contribution in [0, 0.1) is 5.92 Å². The van der Waals surface area contributed by atoms with E-state index in [1.54, 1.807) is 0 Å². The van der Waals surface area contributed by atoms with Gasteiger partial charge in [-0.1, -0.05) is 13.8 Å². The largest absolute Gasteiger partial charge is 0.279 e. The highest BCUT2D eigenvalue weighted by atomic mass is 14.9. The van der Waals surface area contributed by atoms with Crippen molar-refractivity contribution < 1.29 is 0 Å². The Bertz CT molecular complexity index is 306. The number of rotatable bonds is 1. The van der Waals surface area contributed by atoms with Crippen LogP contribution in [0.1, 0.15) is 13.8 Å². The third-order valence-corrected chi connectivity index (χ3v) is 2.16. The molecule has 62 valence electrons. The number of hydrogen-bond acceptors (Lipinski definition) is 2. The van der Waals surface area contributed by atoms with Crippen molar-refractivity contribution in [3.05, 3.63) is 23.9 Å². The molecule has 12 heavy (non-hydrogen) atoms. The predicted molar refractivity (Wildman–Crippen MR) is 51.8 cm³/mol. The van der Waals surface area contributed by atoms with E-state index in [1.165, 1.54) is 5.57 Å². The Morgan fingerprint density at radius 3 is 3.00 bits per heavy atom. The first-order valence-corrected chi connectivity index (χ1v) is 4.26. The zero-order chi connectivity index (χ0) is 8.55. The van der Waals surface area contributed by atoms with Crippen molar-refractivity contribution in [1.29, 1.82) is 0 Å². The summed E-state index contributed by atoms with van der Waals surface area (Å²) in [5.74, 6) is 0.540. The molecule has 0 bridgehead atoms. The Hall–Kier alpha value is -1.18. The van der Waals surface area contributed by atoms with Gasteiger partial charge in [0.05, 0.1) is 5.71 Å². The normalized spacial score (nSPS) is 25.8. The second-order valence-electron chi connectivity index (χ2n) is 3.42. The summed E-state index contributed by atoms with van der Waals surface area (Å²) in [6.45, 7) is 4.34. The van der Waals surface area contributed by atoms with E-state index < -0.39 is 0 Å². The van der Waals surface area contributed by atoms with Crippen LogP contribution in [-0.4, -0.2) is 18.0 Å². The van der Waals surface area contributed by atoms with Crippen molar-refractivity contribution in [2.24, 2.45) is 15.9 Å². The van der Waals surface area contributed by atoms with Crippen LogP contribution in [0.25, 0.3) is 0 Å². The van der Waals surface area contributed by atoms with E-state index in [2.05, 4.69) is 29.9 Å². The average Bonchev–Trinajstić information content (AvgIpc) is 2.49. The molecule has 2 aliphatic rings. The SMILES string of the molecule is CC(C)C1=CC2=NC=CC2N=C1. The van der Waals surface area contributed by atoms with E-state index in [4.69, 9.17) is 0 Å². The van der Waals surface area contributed by atoms with E-state index in [1.807, 2.05) is 18.5 Å². The van der Waals surface area contributed by atoms with Gasteiger partial charge < -0.3 is 0 Å². The van der Waals surface area contributed by atoms with Gasteiger partial charge in [0.25, 0.3) is 0 Å². The number of fused-ring (bicyclic) bond motifs is 1. The van der Waals surface area contributed by atoms with Gasteiger partial charge >= 0.3 is 0 Å². The maximum absolute atomic E-state index is 4.38. The Morgan fingerprint density at radius 1 is 1.42 bits per heavy atom. The maximum atomic E-state index is 4.38. The molecule has 0 amide bonds. The zero-order valence-corrected chi connectivity index (χ0v) is 7.36. The Labute approximate surface area is 72.4 Å². The van der Waals surface area contributed by atoms with Gasteiger partial charge in [0.2, 0.25) is 0 Å². The Kier molecular flexibility index (Phi) is 1.68. The monoisotopic (exact) mass is 160 g/mol. The summed E-state index contributed by atoms with van der Waals surface area (Å²) < 4.78 is 0. The molecule has 0 aromatic rings. The van der Waals surface area contributed by atoms with Crippen LogP contribution in [0.5, 0.6) is 0 Å². The van der Waals surface area contributed by atoms with Gasteiger partial charge in [-0.15, -0.1) is 0 Å². The molecule has 0 aromatic carbocycles. The van der Waals surface area contributed by atoms with Crippen molar-refractivity contribution in [2.45, 2.75) is 19.9 Å². The number of dihydropyridines is 1. The van der Waals surface area contributed by atoms with Crippen molar-refractivity contribution in [3.8, 4) is 0 Å². The van der Waals surface area contributed by atoms with Gasteiger partial charge in [0.1, 0.15) is 6.04 Å². The summed E-state index contributed by atoms with van der Waals surface area (Å²) in [5, 5.41) is 0. The lowest BCUT2D eigenvalue weighted by atomic mass is 9.98. The first kappa shape index (κ1) is 7.47. The summed E-state index contributed by atoms with van der Waals surface area (Å²) in [5.41, 5.74) is 2.36. The molecule has 2 heterocycles. The van der Waals surface area contributed by atoms with Crippen LogP contribution < -0.4 is 0 Å². The summed E-state index contributed by atoms with van der Waals surface area (Å²) in [4.78, 5) is 8.62. The van der Waals surface area contributed by atoms with Crippen molar-refractivity contribution in [2.75, 3.05) is 0 Å². The Balaban J connectivity index is 2.28. The molecule has 0 saturated heterocycles. The van der Waals surface area contributed by atoms with E-state index in [0.717, 1.165) is 5.71 Å². The molecule has 0 fully saturated rings. The van der Waals surface area contributed by atoms with Gasteiger partial charge in [-0.05, 0) is 23.6 Å². The van der Waals surface area contributed by atoms with Crippen LogP contribution in [0.15, 0.2) is 33.9 Å². The lowest BCUT2D eigenvalue weighted by molar-refractivity contribution is 0.803. The molecule has 0 spiro atoms. The second-order valence-corrected chi connectivity index (χ2v) is 3.42. The zero-order valence-electron chi connectivity index (χ0n) is 7.36. The molecule has 0 aliphatic carbocycles. The molecule has 0 aromatic heterocycles. The van der Waals surface area contributed by atoms with Crippen molar-refractivity contribution >= 4 is 11.9 Å². The first-order valence-electron chi connectivity index (χ1n) is 4.26. The third-order valence-electron chi connectivity index (χ3n) is 2.16. The predicted octanol–water partition coefficient (Wildman–Crippen LogP) is 1.99. The van der Waals surface area contributed by atoms with Gasteiger partial charge in [0, 0.05) is 12.4 Å². The van der Waals surface area contributed by atoms with Crippen molar-refractivity contribution in [3.63, 3.8) is 0 Å². The van der Waals surface area contributed by atoms with Crippen LogP contribution in [0.2, 0.25) is 0 Å². The summed E-state index contributed by atoms with van der Waals surface area (Å²) >= 11 is 0. The van der Waals surface area contributed by atoms with Gasteiger partial charge in [-0.2, -0.15) is 0 Å². The molecule has 2 nitrogen and oxygen atoms in total. The van der Waals surface area contributed by atoms with E-state index in [-0.39, 0.29) is 6.04 Å².